The van der Waals surface area contributed by atoms with Gasteiger partial charge in [0.15, 0.2) is 11.5 Å². The van der Waals surface area contributed by atoms with E-state index in [1.54, 1.807) is 13.2 Å². The first-order valence-electron chi connectivity index (χ1n) is 15.0. The number of carbonyl (C=O) groups is 1. The lowest BCUT2D eigenvalue weighted by Crippen LogP contribution is -2.54. The first kappa shape index (κ1) is 27.6. The number of benzene rings is 2. The third-order valence-corrected chi connectivity index (χ3v) is 9.82. The van der Waals surface area contributed by atoms with E-state index in [4.69, 9.17) is 19.9 Å². The molecule has 4 aliphatic rings. The summed E-state index contributed by atoms with van der Waals surface area (Å²) in [4.78, 5) is 15.8. The molecule has 6 atom stereocenters. The van der Waals surface area contributed by atoms with E-state index in [-0.39, 0.29) is 23.2 Å². The standard InChI is InChI=1S/C33H44N2O5/c1-33(20-40-32(37)27(34)14-21-6-4-3-5-7-21)16-24(38-2)19-39-31-29(36)11-10-23-15-28-26(17-33)25(30(23)31)12-13-35(28)18-22-8-9-22/h3-7,10-11,22,24-28,36H,8-9,12-20,34H2,1-2H3. The van der Waals surface area contributed by atoms with Crippen molar-refractivity contribution < 1.29 is 24.1 Å². The number of carbonyl (C=O) groups excluding carboxylic acids is 1. The molecule has 2 aliphatic carbocycles. The maximum Gasteiger partial charge on any atom is 0.323 e. The lowest BCUT2D eigenvalue weighted by atomic mass is 9.61. The van der Waals surface area contributed by atoms with E-state index in [9.17, 15) is 9.90 Å². The number of piperidine rings is 1. The van der Waals surface area contributed by atoms with E-state index in [1.807, 2.05) is 30.3 Å². The number of phenols is 1. The van der Waals surface area contributed by atoms with Gasteiger partial charge in [0.2, 0.25) is 0 Å². The van der Waals surface area contributed by atoms with Crippen molar-refractivity contribution >= 4 is 5.97 Å². The second-order valence-corrected chi connectivity index (χ2v) is 13.0. The van der Waals surface area contributed by atoms with Crippen molar-refractivity contribution in [3.8, 4) is 11.5 Å². The SMILES string of the molecule is COC1COc2c(O)ccc3c2C2CCN(CC4CC4)C(C3)C2CC(C)(COC(=O)C(N)Cc2ccccc2)C1. The minimum absolute atomic E-state index is 0.196. The van der Waals surface area contributed by atoms with Crippen LogP contribution in [0.4, 0.5) is 0 Å². The molecule has 1 saturated carbocycles. The van der Waals surface area contributed by atoms with Crippen LogP contribution < -0.4 is 10.5 Å². The molecule has 3 N–H and O–H groups in total. The van der Waals surface area contributed by atoms with Crippen LogP contribution in [-0.2, 0) is 27.1 Å². The van der Waals surface area contributed by atoms with Crippen molar-refractivity contribution in [1.82, 2.24) is 4.90 Å². The summed E-state index contributed by atoms with van der Waals surface area (Å²) in [6, 6.07) is 13.5. The van der Waals surface area contributed by atoms with Crippen molar-refractivity contribution in [2.75, 3.05) is 33.4 Å². The number of likely N-dealkylation sites (tertiary alicyclic amines) is 1. The molecule has 2 heterocycles. The number of esters is 1. The smallest absolute Gasteiger partial charge is 0.323 e. The maximum atomic E-state index is 13.1. The van der Waals surface area contributed by atoms with Crippen LogP contribution >= 0.6 is 0 Å². The van der Waals surface area contributed by atoms with Crippen LogP contribution in [0, 0.1) is 17.3 Å². The molecule has 0 radical (unpaired) electrons. The highest BCUT2D eigenvalue weighted by molar-refractivity contribution is 5.75. The summed E-state index contributed by atoms with van der Waals surface area (Å²) < 4.78 is 18.2. The lowest BCUT2D eigenvalue weighted by molar-refractivity contribution is -0.150. The highest BCUT2D eigenvalue weighted by atomic mass is 16.5. The first-order chi connectivity index (χ1) is 19.3. The van der Waals surface area contributed by atoms with Gasteiger partial charge < -0.3 is 25.1 Å². The third-order valence-electron chi connectivity index (χ3n) is 9.82. The van der Waals surface area contributed by atoms with E-state index < -0.39 is 6.04 Å². The van der Waals surface area contributed by atoms with Crippen LogP contribution in [-0.4, -0.2) is 67.6 Å². The van der Waals surface area contributed by atoms with Gasteiger partial charge in [0, 0.05) is 30.7 Å². The van der Waals surface area contributed by atoms with Crippen LogP contribution in [0.25, 0.3) is 0 Å². The lowest BCUT2D eigenvalue weighted by Gasteiger charge is -2.53. The zero-order chi connectivity index (χ0) is 27.9. The number of ether oxygens (including phenoxy) is 3. The van der Waals surface area contributed by atoms with Gasteiger partial charge in [-0.3, -0.25) is 9.69 Å². The molecular weight excluding hydrogens is 504 g/mol. The first-order valence-corrected chi connectivity index (χ1v) is 15.0. The summed E-state index contributed by atoms with van der Waals surface area (Å²) in [6.07, 6.45) is 6.56. The molecule has 2 aromatic carbocycles. The number of nitrogens with two attached hydrogens (primary N) is 1. The van der Waals surface area contributed by atoms with Gasteiger partial charge in [-0.25, -0.2) is 0 Å². The number of aromatic hydroxyl groups is 1. The van der Waals surface area contributed by atoms with Crippen molar-refractivity contribution in [1.29, 1.82) is 0 Å². The third kappa shape index (κ3) is 5.74. The fraction of sp³-hybridized carbons (Fsp3) is 0.606. The Morgan fingerprint density at radius 2 is 1.98 bits per heavy atom. The van der Waals surface area contributed by atoms with Crippen LogP contribution in [0.15, 0.2) is 42.5 Å². The predicted molar refractivity (Wildman–Crippen MR) is 153 cm³/mol. The molecule has 0 spiro atoms. The molecule has 216 valence electrons. The van der Waals surface area contributed by atoms with Crippen LogP contribution in [0.5, 0.6) is 11.5 Å². The normalized spacial score (nSPS) is 30.7. The fourth-order valence-electron chi connectivity index (χ4n) is 7.60. The monoisotopic (exact) mass is 548 g/mol. The maximum absolute atomic E-state index is 13.1. The van der Waals surface area contributed by atoms with E-state index in [0.29, 0.717) is 49.7 Å². The van der Waals surface area contributed by atoms with Crippen LogP contribution in [0.3, 0.4) is 0 Å². The van der Waals surface area contributed by atoms with Crippen molar-refractivity contribution in [2.45, 2.75) is 76.0 Å². The Labute approximate surface area is 238 Å². The summed E-state index contributed by atoms with van der Waals surface area (Å²) in [5.41, 5.74) is 9.50. The minimum atomic E-state index is -0.701. The summed E-state index contributed by atoms with van der Waals surface area (Å²) in [7, 11) is 1.70. The Bertz CT molecular complexity index is 1200. The molecule has 6 unspecified atom stereocenters. The number of rotatable bonds is 8. The molecule has 6 rings (SSSR count). The van der Waals surface area contributed by atoms with Gasteiger partial charge in [-0.05, 0) is 86.4 Å². The predicted octanol–water partition coefficient (Wildman–Crippen LogP) is 4.44. The molecule has 40 heavy (non-hydrogen) atoms. The molecule has 7 heteroatoms. The Morgan fingerprint density at radius 1 is 1.18 bits per heavy atom. The van der Waals surface area contributed by atoms with Gasteiger partial charge >= 0.3 is 5.97 Å². The Balaban J connectivity index is 1.27. The second-order valence-electron chi connectivity index (χ2n) is 13.0. The van der Waals surface area contributed by atoms with E-state index >= 15 is 0 Å². The van der Waals surface area contributed by atoms with Crippen molar-refractivity contribution in [2.24, 2.45) is 23.0 Å². The van der Waals surface area contributed by atoms with Crippen molar-refractivity contribution in [3.63, 3.8) is 0 Å². The fourth-order valence-corrected chi connectivity index (χ4v) is 7.60. The van der Waals surface area contributed by atoms with Gasteiger partial charge in [0.1, 0.15) is 12.6 Å². The van der Waals surface area contributed by atoms with Gasteiger partial charge in [0.25, 0.3) is 0 Å². The van der Waals surface area contributed by atoms with Gasteiger partial charge in [-0.2, -0.15) is 0 Å². The highest BCUT2D eigenvalue weighted by Crippen LogP contribution is 2.54. The zero-order valence-electron chi connectivity index (χ0n) is 23.9. The van der Waals surface area contributed by atoms with E-state index in [2.05, 4.69) is 17.9 Å². The molecule has 4 bridgehead atoms. The Morgan fingerprint density at radius 3 is 2.73 bits per heavy atom. The number of phenolic OH excluding ortho intramolecular Hbond substituents is 1. The van der Waals surface area contributed by atoms with Crippen molar-refractivity contribution in [3.05, 3.63) is 59.2 Å². The second kappa shape index (κ2) is 11.3. The van der Waals surface area contributed by atoms with Gasteiger partial charge in [-0.15, -0.1) is 0 Å². The molecule has 2 aromatic rings. The quantitative estimate of drug-likeness (QED) is 0.471. The Kier molecular flexibility index (Phi) is 7.81. The molecule has 1 saturated heterocycles. The molecule has 0 aromatic heterocycles. The largest absolute Gasteiger partial charge is 0.504 e. The number of hydrogen-bond acceptors (Lipinski definition) is 7. The Hall–Kier alpha value is -2.61. The zero-order valence-corrected chi connectivity index (χ0v) is 23.9. The topological polar surface area (TPSA) is 94.2 Å². The minimum Gasteiger partial charge on any atom is -0.504 e. The number of hydrogen-bond donors (Lipinski definition) is 2. The van der Waals surface area contributed by atoms with Gasteiger partial charge in [-0.1, -0.05) is 43.3 Å². The molecule has 0 amide bonds. The van der Waals surface area contributed by atoms with E-state index in [0.717, 1.165) is 37.3 Å². The van der Waals surface area contributed by atoms with Crippen LogP contribution in [0.1, 0.15) is 61.6 Å². The van der Waals surface area contributed by atoms with Gasteiger partial charge in [0.05, 0.1) is 12.7 Å². The highest BCUT2D eigenvalue weighted by Gasteiger charge is 2.49. The number of nitrogens with zero attached hydrogens (tertiary/aromatic N) is 1. The molecular formula is C33H44N2O5. The summed E-state index contributed by atoms with van der Waals surface area (Å²) in [6.45, 7) is 5.12. The van der Waals surface area contributed by atoms with E-state index in [1.165, 1.54) is 30.5 Å². The molecule has 2 fully saturated rings. The summed E-state index contributed by atoms with van der Waals surface area (Å²) >= 11 is 0. The number of methoxy groups -OCH3 is 1. The summed E-state index contributed by atoms with van der Waals surface area (Å²) in [5, 5.41) is 10.9. The molecule has 2 aliphatic heterocycles. The summed E-state index contributed by atoms with van der Waals surface area (Å²) in [5.74, 6) is 2.01. The average Bonchev–Trinajstić information content (AvgIpc) is 3.77. The average molecular weight is 549 g/mol. The van der Waals surface area contributed by atoms with Crippen LogP contribution in [0.2, 0.25) is 0 Å². The molecule has 7 nitrogen and oxygen atoms in total.